The largest absolute Gasteiger partial charge is 0.494 e. The van der Waals surface area contributed by atoms with Crippen molar-refractivity contribution >= 4 is 11.7 Å². The SMILES string of the molecule is CCOc1ccccc1CCC(=O)NCc1cccnc1N1CCOCC1. The first-order valence-electron chi connectivity index (χ1n) is 9.52. The van der Waals surface area contributed by atoms with E-state index in [4.69, 9.17) is 9.47 Å². The Bertz CT molecular complexity index is 745. The standard InChI is InChI=1S/C21H27N3O3/c1-2-27-19-8-4-3-6-17(19)9-10-20(25)23-16-18-7-5-11-22-21(18)24-12-14-26-15-13-24/h3-8,11H,2,9-10,12-16H2,1H3,(H,23,25). The molecule has 1 saturated heterocycles. The van der Waals surface area contributed by atoms with Crippen molar-refractivity contribution in [2.75, 3.05) is 37.8 Å². The summed E-state index contributed by atoms with van der Waals surface area (Å²) in [7, 11) is 0. The maximum absolute atomic E-state index is 12.3. The summed E-state index contributed by atoms with van der Waals surface area (Å²) in [6, 6.07) is 11.8. The summed E-state index contributed by atoms with van der Waals surface area (Å²) in [5, 5.41) is 3.02. The van der Waals surface area contributed by atoms with Crippen LogP contribution in [0, 0.1) is 0 Å². The Hall–Kier alpha value is -2.60. The van der Waals surface area contributed by atoms with Crippen LogP contribution in [0.15, 0.2) is 42.6 Å². The summed E-state index contributed by atoms with van der Waals surface area (Å²) in [5.41, 5.74) is 2.09. The Morgan fingerprint density at radius 1 is 1.19 bits per heavy atom. The smallest absolute Gasteiger partial charge is 0.220 e. The van der Waals surface area contributed by atoms with Gasteiger partial charge in [-0.1, -0.05) is 24.3 Å². The second kappa shape index (κ2) is 9.92. The molecule has 1 N–H and O–H groups in total. The minimum Gasteiger partial charge on any atom is -0.494 e. The minimum atomic E-state index is 0.0260. The number of benzene rings is 1. The normalized spacial score (nSPS) is 14.0. The summed E-state index contributed by atoms with van der Waals surface area (Å²) >= 11 is 0. The molecular weight excluding hydrogens is 342 g/mol. The fourth-order valence-electron chi connectivity index (χ4n) is 3.17. The van der Waals surface area contributed by atoms with Gasteiger partial charge in [-0.15, -0.1) is 0 Å². The van der Waals surface area contributed by atoms with Gasteiger partial charge in [0.2, 0.25) is 5.91 Å². The molecule has 2 aromatic rings. The molecule has 0 bridgehead atoms. The number of anilines is 1. The molecule has 1 aliphatic heterocycles. The van der Waals surface area contributed by atoms with Crippen LogP contribution in [0.25, 0.3) is 0 Å². The summed E-state index contributed by atoms with van der Waals surface area (Å²) in [4.78, 5) is 19.1. The Kier molecular flexibility index (Phi) is 7.04. The van der Waals surface area contributed by atoms with Crippen LogP contribution in [0.4, 0.5) is 5.82 Å². The van der Waals surface area contributed by atoms with E-state index in [1.165, 1.54) is 0 Å². The number of rotatable bonds is 8. The van der Waals surface area contributed by atoms with Gasteiger partial charge in [0.25, 0.3) is 0 Å². The topological polar surface area (TPSA) is 63.7 Å². The average molecular weight is 369 g/mol. The first-order chi connectivity index (χ1) is 13.3. The molecule has 0 aliphatic carbocycles. The van der Waals surface area contributed by atoms with Gasteiger partial charge in [-0.3, -0.25) is 4.79 Å². The van der Waals surface area contributed by atoms with Crippen molar-refractivity contribution in [3.8, 4) is 5.75 Å². The number of aryl methyl sites for hydroxylation is 1. The second-order valence-electron chi connectivity index (χ2n) is 6.40. The predicted molar refractivity (Wildman–Crippen MR) is 105 cm³/mol. The molecule has 2 heterocycles. The molecule has 144 valence electrons. The average Bonchev–Trinajstić information content (AvgIpc) is 2.73. The van der Waals surface area contributed by atoms with Crippen LogP contribution < -0.4 is 15.0 Å². The van der Waals surface area contributed by atoms with Crippen LogP contribution in [0.2, 0.25) is 0 Å². The van der Waals surface area contributed by atoms with Crippen molar-refractivity contribution in [2.45, 2.75) is 26.3 Å². The number of para-hydroxylation sites is 1. The van der Waals surface area contributed by atoms with Gasteiger partial charge in [-0.2, -0.15) is 0 Å². The molecule has 1 amide bonds. The predicted octanol–water partition coefficient (Wildman–Crippen LogP) is 2.57. The van der Waals surface area contributed by atoms with E-state index >= 15 is 0 Å². The van der Waals surface area contributed by atoms with Crippen LogP contribution >= 0.6 is 0 Å². The summed E-state index contributed by atoms with van der Waals surface area (Å²) in [6.45, 7) is 6.13. The highest BCUT2D eigenvalue weighted by Gasteiger charge is 2.16. The van der Waals surface area contributed by atoms with Crippen LogP contribution in [-0.4, -0.2) is 43.8 Å². The van der Waals surface area contributed by atoms with Gasteiger partial charge >= 0.3 is 0 Å². The van der Waals surface area contributed by atoms with Crippen molar-refractivity contribution in [3.63, 3.8) is 0 Å². The first-order valence-corrected chi connectivity index (χ1v) is 9.52. The molecule has 1 aliphatic rings. The van der Waals surface area contributed by atoms with E-state index in [1.54, 1.807) is 6.20 Å². The molecule has 0 atom stereocenters. The molecule has 0 saturated carbocycles. The van der Waals surface area contributed by atoms with Gasteiger partial charge < -0.3 is 19.7 Å². The monoisotopic (exact) mass is 369 g/mol. The lowest BCUT2D eigenvalue weighted by molar-refractivity contribution is -0.121. The zero-order valence-electron chi connectivity index (χ0n) is 15.8. The Labute approximate surface area is 160 Å². The fraction of sp³-hybridized carbons (Fsp3) is 0.429. The number of pyridine rings is 1. The number of carbonyl (C=O) groups excluding carboxylic acids is 1. The third-order valence-electron chi connectivity index (χ3n) is 4.55. The van der Waals surface area contributed by atoms with Gasteiger partial charge in [-0.05, 0) is 31.0 Å². The van der Waals surface area contributed by atoms with E-state index in [0.29, 0.717) is 39.2 Å². The molecule has 6 heteroatoms. The molecule has 6 nitrogen and oxygen atoms in total. The lowest BCUT2D eigenvalue weighted by atomic mass is 10.1. The molecular formula is C21H27N3O3. The number of morpholine rings is 1. The highest BCUT2D eigenvalue weighted by Crippen LogP contribution is 2.20. The number of ether oxygens (including phenoxy) is 2. The van der Waals surface area contributed by atoms with E-state index in [0.717, 1.165) is 35.8 Å². The Morgan fingerprint density at radius 2 is 1.96 bits per heavy atom. The highest BCUT2D eigenvalue weighted by atomic mass is 16.5. The lowest BCUT2D eigenvalue weighted by Gasteiger charge is -2.29. The third kappa shape index (κ3) is 5.44. The summed E-state index contributed by atoms with van der Waals surface area (Å²) < 4.78 is 11.0. The molecule has 0 unspecified atom stereocenters. The van der Waals surface area contributed by atoms with Crippen molar-refractivity contribution in [3.05, 3.63) is 53.7 Å². The zero-order valence-corrected chi connectivity index (χ0v) is 15.8. The number of hydrogen-bond acceptors (Lipinski definition) is 5. The Balaban J connectivity index is 1.54. The molecule has 1 fully saturated rings. The minimum absolute atomic E-state index is 0.0260. The molecule has 27 heavy (non-hydrogen) atoms. The van der Waals surface area contributed by atoms with Crippen molar-refractivity contribution < 1.29 is 14.3 Å². The third-order valence-corrected chi connectivity index (χ3v) is 4.55. The number of carbonyl (C=O) groups is 1. The number of nitrogens with one attached hydrogen (secondary N) is 1. The quantitative estimate of drug-likeness (QED) is 0.775. The van der Waals surface area contributed by atoms with Crippen molar-refractivity contribution in [1.82, 2.24) is 10.3 Å². The zero-order chi connectivity index (χ0) is 18.9. The highest BCUT2D eigenvalue weighted by molar-refractivity contribution is 5.76. The van der Waals surface area contributed by atoms with Crippen LogP contribution in [-0.2, 0) is 22.5 Å². The van der Waals surface area contributed by atoms with E-state index in [1.807, 2.05) is 43.3 Å². The second-order valence-corrected chi connectivity index (χ2v) is 6.40. The van der Waals surface area contributed by atoms with Crippen molar-refractivity contribution in [2.24, 2.45) is 0 Å². The van der Waals surface area contributed by atoms with Crippen LogP contribution in [0.3, 0.4) is 0 Å². The molecule has 0 radical (unpaired) electrons. The van der Waals surface area contributed by atoms with Crippen LogP contribution in [0.1, 0.15) is 24.5 Å². The van der Waals surface area contributed by atoms with Gasteiger partial charge in [0.05, 0.1) is 19.8 Å². The van der Waals surface area contributed by atoms with Crippen LogP contribution in [0.5, 0.6) is 5.75 Å². The Morgan fingerprint density at radius 3 is 2.78 bits per heavy atom. The van der Waals surface area contributed by atoms with Gasteiger partial charge in [0.15, 0.2) is 0 Å². The fourth-order valence-corrected chi connectivity index (χ4v) is 3.17. The van der Waals surface area contributed by atoms with Crippen molar-refractivity contribution in [1.29, 1.82) is 0 Å². The van der Waals surface area contributed by atoms with Gasteiger partial charge in [0, 0.05) is 37.8 Å². The molecule has 1 aromatic carbocycles. The molecule has 3 rings (SSSR count). The van der Waals surface area contributed by atoms with E-state index < -0.39 is 0 Å². The molecule has 1 aromatic heterocycles. The number of nitrogens with zero attached hydrogens (tertiary/aromatic N) is 2. The van der Waals surface area contributed by atoms with Gasteiger partial charge in [-0.25, -0.2) is 4.98 Å². The first kappa shape index (κ1) is 19.2. The van der Waals surface area contributed by atoms with Gasteiger partial charge in [0.1, 0.15) is 11.6 Å². The number of amides is 1. The summed E-state index contributed by atoms with van der Waals surface area (Å²) in [6.07, 6.45) is 2.88. The maximum atomic E-state index is 12.3. The lowest BCUT2D eigenvalue weighted by Crippen LogP contribution is -2.37. The maximum Gasteiger partial charge on any atom is 0.220 e. The van der Waals surface area contributed by atoms with E-state index in [2.05, 4.69) is 15.2 Å². The van der Waals surface area contributed by atoms with E-state index in [-0.39, 0.29) is 5.91 Å². The van der Waals surface area contributed by atoms with E-state index in [9.17, 15) is 4.79 Å². The number of aromatic nitrogens is 1. The summed E-state index contributed by atoms with van der Waals surface area (Å²) in [5.74, 6) is 1.82. The number of hydrogen-bond donors (Lipinski definition) is 1. The molecule has 0 spiro atoms.